The van der Waals surface area contributed by atoms with E-state index in [1.165, 1.54) is 11.8 Å². The number of nitrogens with one attached hydrogen (secondary N) is 1. The zero-order valence-corrected chi connectivity index (χ0v) is 17.5. The van der Waals surface area contributed by atoms with Crippen molar-refractivity contribution in [1.82, 2.24) is 19.7 Å². The molecule has 0 aliphatic rings. The van der Waals surface area contributed by atoms with E-state index in [1.807, 2.05) is 85.1 Å². The van der Waals surface area contributed by atoms with E-state index in [9.17, 15) is 4.79 Å². The molecule has 2 aromatic carbocycles. The van der Waals surface area contributed by atoms with Gasteiger partial charge < -0.3 is 5.32 Å². The number of nitrogens with zero attached hydrogens (tertiary/aromatic N) is 4. The Morgan fingerprint density at radius 1 is 0.967 bits per heavy atom. The molecule has 0 aliphatic heterocycles. The van der Waals surface area contributed by atoms with Crippen LogP contribution in [-0.4, -0.2) is 30.9 Å². The number of carbonyl (C=O) groups excluding carboxylic acids is 1. The van der Waals surface area contributed by atoms with Gasteiger partial charge in [0.15, 0.2) is 11.0 Å². The number of aryl methyl sites for hydroxylation is 1. The summed E-state index contributed by atoms with van der Waals surface area (Å²) >= 11 is 1.38. The standard InChI is InChI=1S/C23H21N5OS/c1-16-8-6-7-11-20(16)28-21(18-12-14-24-15-13-18)26-27-23(28)30-17(2)22(29)25-19-9-4-3-5-10-19/h3-15,17H,1-2H3,(H,25,29). The van der Waals surface area contributed by atoms with Crippen LogP contribution in [0.2, 0.25) is 0 Å². The van der Waals surface area contributed by atoms with Crippen molar-refractivity contribution in [3.63, 3.8) is 0 Å². The van der Waals surface area contributed by atoms with E-state index >= 15 is 0 Å². The summed E-state index contributed by atoms with van der Waals surface area (Å²) in [7, 11) is 0. The zero-order chi connectivity index (χ0) is 20.9. The molecule has 1 amide bonds. The number of benzene rings is 2. The third-order valence-corrected chi connectivity index (χ3v) is 5.66. The summed E-state index contributed by atoms with van der Waals surface area (Å²) in [5.41, 5.74) is 3.75. The van der Waals surface area contributed by atoms with Crippen molar-refractivity contribution in [2.45, 2.75) is 24.3 Å². The molecule has 0 radical (unpaired) electrons. The number of para-hydroxylation sites is 2. The summed E-state index contributed by atoms with van der Waals surface area (Å²) in [6.45, 7) is 3.91. The highest BCUT2D eigenvalue weighted by Gasteiger charge is 2.22. The lowest BCUT2D eigenvalue weighted by atomic mass is 10.2. The number of aromatic nitrogens is 4. The van der Waals surface area contributed by atoms with Crippen molar-refractivity contribution < 1.29 is 4.79 Å². The number of hydrogen-bond donors (Lipinski definition) is 1. The van der Waals surface area contributed by atoms with E-state index in [0.29, 0.717) is 11.0 Å². The van der Waals surface area contributed by atoms with Crippen LogP contribution >= 0.6 is 11.8 Å². The molecule has 0 saturated carbocycles. The van der Waals surface area contributed by atoms with Crippen LogP contribution in [0.4, 0.5) is 5.69 Å². The van der Waals surface area contributed by atoms with Gasteiger partial charge in [0, 0.05) is 23.6 Å². The molecular weight excluding hydrogens is 394 g/mol. The average Bonchev–Trinajstić information content (AvgIpc) is 3.18. The minimum absolute atomic E-state index is 0.0870. The lowest BCUT2D eigenvalue weighted by molar-refractivity contribution is -0.115. The molecule has 2 heterocycles. The molecule has 0 saturated heterocycles. The van der Waals surface area contributed by atoms with Crippen LogP contribution in [0.25, 0.3) is 17.1 Å². The maximum atomic E-state index is 12.7. The Labute approximate surface area is 179 Å². The second-order valence-electron chi connectivity index (χ2n) is 6.78. The van der Waals surface area contributed by atoms with E-state index in [1.54, 1.807) is 12.4 Å². The van der Waals surface area contributed by atoms with E-state index in [2.05, 4.69) is 20.5 Å². The molecule has 4 rings (SSSR count). The lowest BCUT2D eigenvalue weighted by Gasteiger charge is -2.15. The van der Waals surface area contributed by atoms with Gasteiger partial charge >= 0.3 is 0 Å². The molecule has 0 aliphatic carbocycles. The van der Waals surface area contributed by atoms with Crippen molar-refractivity contribution in [1.29, 1.82) is 0 Å². The summed E-state index contributed by atoms with van der Waals surface area (Å²) in [6.07, 6.45) is 3.46. The van der Waals surface area contributed by atoms with Crippen molar-refractivity contribution >= 4 is 23.4 Å². The predicted octanol–water partition coefficient (Wildman–Crippen LogP) is 4.76. The molecular formula is C23H21N5OS. The van der Waals surface area contributed by atoms with E-state index in [4.69, 9.17) is 0 Å². The Bertz CT molecular complexity index is 1140. The lowest BCUT2D eigenvalue weighted by Crippen LogP contribution is -2.22. The Morgan fingerprint density at radius 3 is 2.40 bits per heavy atom. The minimum Gasteiger partial charge on any atom is -0.325 e. The molecule has 1 N–H and O–H groups in total. The van der Waals surface area contributed by atoms with Crippen LogP contribution in [-0.2, 0) is 4.79 Å². The first-order valence-electron chi connectivity index (χ1n) is 9.58. The summed E-state index contributed by atoms with van der Waals surface area (Å²) in [4.78, 5) is 16.8. The van der Waals surface area contributed by atoms with Crippen LogP contribution < -0.4 is 5.32 Å². The maximum Gasteiger partial charge on any atom is 0.237 e. The third kappa shape index (κ3) is 4.26. The van der Waals surface area contributed by atoms with Crippen molar-refractivity contribution in [3.05, 3.63) is 84.7 Å². The average molecular weight is 416 g/mol. The van der Waals surface area contributed by atoms with Gasteiger partial charge in [-0.25, -0.2) is 0 Å². The third-order valence-electron chi connectivity index (χ3n) is 4.62. The molecule has 30 heavy (non-hydrogen) atoms. The highest BCUT2D eigenvalue weighted by Crippen LogP contribution is 2.31. The fourth-order valence-corrected chi connectivity index (χ4v) is 3.90. The molecule has 1 unspecified atom stereocenters. The second-order valence-corrected chi connectivity index (χ2v) is 8.09. The van der Waals surface area contributed by atoms with Crippen LogP contribution in [0.1, 0.15) is 12.5 Å². The van der Waals surface area contributed by atoms with E-state index < -0.39 is 0 Å². The highest BCUT2D eigenvalue weighted by molar-refractivity contribution is 8.00. The van der Waals surface area contributed by atoms with Gasteiger partial charge in [-0.2, -0.15) is 0 Å². The number of pyridine rings is 1. The highest BCUT2D eigenvalue weighted by atomic mass is 32.2. The Morgan fingerprint density at radius 2 is 1.67 bits per heavy atom. The number of anilines is 1. The van der Waals surface area contributed by atoms with Crippen molar-refractivity contribution in [3.8, 4) is 17.1 Å². The summed E-state index contributed by atoms with van der Waals surface area (Å²) in [6, 6.07) is 21.3. The Kier molecular flexibility index (Phi) is 5.90. The quantitative estimate of drug-likeness (QED) is 0.460. The largest absolute Gasteiger partial charge is 0.325 e. The molecule has 0 fully saturated rings. The summed E-state index contributed by atoms with van der Waals surface area (Å²) < 4.78 is 2.00. The van der Waals surface area contributed by atoms with Gasteiger partial charge in [-0.05, 0) is 49.7 Å². The summed E-state index contributed by atoms with van der Waals surface area (Å²) in [5.74, 6) is 0.626. The molecule has 7 heteroatoms. The van der Waals surface area contributed by atoms with Crippen molar-refractivity contribution in [2.24, 2.45) is 0 Å². The summed E-state index contributed by atoms with van der Waals surface area (Å²) in [5, 5.41) is 12.1. The van der Waals surface area contributed by atoms with Crippen LogP contribution in [0, 0.1) is 6.92 Å². The number of rotatable bonds is 6. The molecule has 0 bridgehead atoms. The zero-order valence-electron chi connectivity index (χ0n) is 16.7. The van der Waals surface area contributed by atoms with Crippen LogP contribution in [0.15, 0.2) is 84.3 Å². The Balaban J connectivity index is 1.67. The number of amides is 1. The maximum absolute atomic E-state index is 12.7. The van der Waals surface area contributed by atoms with Crippen LogP contribution in [0.3, 0.4) is 0 Å². The topological polar surface area (TPSA) is 72.7 Å². The number of carbonyl (C=O) groups is 1. The fraction of sp³-hybridized carbons (Fsp3) is 0.130. The van der Waals surface area contributed by atoms with Gasteiger partial charge in [-0.3, -0.25) is 14.3 Å². The first-order chi connectivity index (χ1) is 14.6. The number of thioether (sulfide) groups is 1. The molecule has 2 aromatic heterocycles. The van der Waals surface area contributed by atoms with E-state index in [0.717, 1.165) is 22.5 Å². The molecule has 0 spiro atoms. The SMILES string of the molecule is Cc1ccccc1-n1c(SC(C)C(=O)Nc2ccccc2)nnc1-c1ccncc1. The monoisotopic (exact) mass is 415 g/mol. The van der Waals surface area contributed by atoms with Gasteiger partial charge in [0.2, 0.25) is 5.91 Å². The van der Waals surface area contributed by atoms with Crippen LogP contribution in [0.5, 0.6) is 0 Å². The molecule has 6 nitrogen and oxygen atoms in total. The smallest absolute Gasteiger partial charge is 0.237 e. The first-order valence-corrected chi connectivity index (χ1v) is 10.5. The fourth-order valence-electron chi connectivity index (χ4n) is 3.04. The molecule has 1 atom stereocenters. The molecule has 4 aromatic rings. The van der Waals surface area contributed by atoms with Gasteiger partial charge in [0.05, 0.1) is 10.9 Å². The number of hydrogen-bond acceptors (Lipinski definition) is 5. The van der Waals surface area contributed by atoms with Gasteiger partial charge in [0.1, 0.15) is 0 Å². The molecule has 150 valence electrons. The van der Waals surface area contributed by atoms with Crippen molar-refractivity contribution in [2.75, 3.05) is 5.32 Å². The Hall–Kier alpha value is -3.45. The van der Waals surface area contributed by atoms with Gasteiger partial charge in [-0.1, -0.05) is 48.2 Å². The predicted molar refractivity (Wildman–Crippen MR) is 120 cm³/mol. The van der Waals surface area contributed by atoms with Gasteiger partial charge in [0.25, 0.3) is 0 Å². The van der Waals surface area contributed by atoms with Gasteiger partial charge in [-0.15, -0.1) is 10.2 Å². The first kappa shape index (κ1) is 19.8. The van der Waals surface area contributed by atoms with E-state index in [-0.39, 0.29) is 11.2 Å². The normalized spacial score (nSPS) is 11.8. The minimum atomic E-state index is -0.359. The second kappa shape index (κ2) is 8.92.